The summed E-state index contributed by atoms with van der Waals surface area (Å²) < 4.78 is 13.1. The van der Waals surface area contributed by atoms with Crippen LogP contribution in [0.25, 0.3) is 10.9 Å². The number of hydrogen-bond donors (Lipinski definition) is 3. The van der Waals surface area contributed by atoms with E-state index < -0.39 is 29.5 Å². The van der Waals surface area contributed by atoms with Crippen molar-refractivity contribution in [1.82, 2.24) is 10.3 Å². The molecular weight excluding hydrogens is 279 g/mol. The quantitative estimate of drug-likeness (QED) is 0.574. The number of carbonyl (C=O) groups excluding carboxylic acids is 2. The normalized spacial score (nSPS) is 12.1. The van der Waals surface area contributed by atoms with Crippen LogP contribution in [0.15, 0.2) is 24.4 Å². The average molecular weight is 292 g/mol. The molecule has 0 fully saturated rings. The summed E-state index contributed by atoms with van der Waals surface area (Å²) in [6.45, 7) is 1.58. The van der Waals surface area contributed by atoms with Crippen LogP contribution in [-0.4, -0.2) is 33.8 Å². The summed E-state index contributed by atoms with van der Waals surface area (Å²) in [6.07, 6.45) is 1.46. The van der Waals surface area contributed by atoms with Crippen molar-refractivity contribution in [2.45, 2.75) is 19.4 Å². The molecule has 0 saturated heterocycles. The van der Waals surface area contributed by atoms with Crippen LogP contribution in [0.3, 0.4) is 0 Å². The third kappa shape index (κ3) is 2.91. The zero-order chi connectivity index (χ0) is 15.6. The first kappa shape index (κ1) is 14.7. The summed E-state index contributed by atoms with van der Waals surface area (Å²) in [5.41, 5.74) is 0.458. The Morgan fingerprint density at radius 3 is 2.71 bits per heavy atom. The molecule has 1 atom stereocenters. The number of fused-ring (bicyclic) bond motifs is 1. The molecular formula is C14H13FN2O4. The van der Waals surface area contributed by atoms with Gasteiger partial charge in [-0.15, -0.1) is 0 Å². The fourth-order valence-corrected chi connectivity index (χ4v) is 1.97. The van der Waals surface area contributed by atoms with Crippen molar-refractivity contribution in [3.8, 4) is 0 Å². The minimum atomic E-state index is -1.21. The number of aromatic amines is 1. The van der Waals surface area contributed by atoms with Crippen LogP contribution in [0.2, 0.25) is 0 Å². The molecule has 0 saturated carbocycles. The number of carbonyl (C=O) groups is 3. The molecule has 0 aliphatic carbocycles. The van der Waals surface area contributed by atoms with Gasteiger partial charge in [0.25, 0.3) is 11.7 Å². The van der Waals surface area contributed by atoms with Crippen molar-refractivity contribution in [2.24, 2.45) is 0 Å². The summed E-state index contributed by atoms with van der Waals surface area (Å²) in [6, 6.07) is 2.65. The molecule has 1 aromatic carbocycles. The topological polar surface area (TPSA) is 99.3 Å². The van der Waals surface area contributed by atoms with E-state index in [0.29, 0.717) is 10.9 Å². The first-order valence-corrected chi connectivity index (χ1v) is 6.28. The molecule has 0 aliphatic rings. The van der Waals surface area contributed by atoms with Crippen molar-refractivity contribution >= 4 is 28.6 Å². The number of amides is 1. The van der Waals surface area contributed by atoms with Crippen LogP contribution in [0.4, 0.5) is 4.39 Å². The molecule has 2 rings (SSSR count). The van der Waals surface area contributed by atoms with E-state index in [-0.39, 0.29) is 12.0 Å². The minimum Gasteiger partial charge on any atom is -0.480 e. The van der Waals surface area contributed by atoms with Gasteiger partial charge in [-0.2, -0.15) is 0 Å². The Balaban J connectivity index is 2.26. The van der Waals surface area contributed by atoms with Crippen molar-refractivity contribution < 1.29 is 23.9 Å². The second-order valence-electron chi connectivity index (χ2n) is 4.49. The Morgan fingerprint density at radius 2 is 2.10 bits per heavy atom. The minimum absolute atomic E-state index is 0.0720. The Morgan fingerprint density at radius 1 is 1.38 bits per heavy atom. The van der Waals surface area contributed by atoms with E-state index in [9.17, 15) is 18.8 Å². The van der Waals surface area contributed by atoms with E-state index >= 15 is 0 Å². The van der Waals surface area contributed by atoms with Gasteiger partial charge in [0.15, 0.2) is 0 Å². The second-order valence-corrected chi connectivity index (χ2v) is 4.49. The van der Waals surface area contributed by atoms with Crippen molar-refractivity contribution in [3.63, 3.8) is 0 Å². The van der Waals surface area contributed by atoms with Crippen LogP contribution in [0, 0.1) is 5.82 Å². The lowest BCUT2D eigenvalue weighted by atomic mass is 10.1. The third-order valence-corrected chi connectivity index (χ3v) is 3.11. The van der Waals surface area contributed by atoms with Gasteiger partial charge in [0.1, 0.15) is 11.9 Å². The monoisotopic (exact) mass is 292 g/mol. The predicted molar refractivity (Wildman–Crippen MR) is 72.4 cm³/mol. The predicted octanol–water partition coefficient (Wildman–Crippen LogP) is 1.47. The molecule has 7 heteroatoms. The van der Waals surface area contributed by atoms with Gasteiger partial charge >= 0.3 is 5.97 Å². The van der Waals surface area contributed by atoms with Crippen LogP contribution in [0.5, 0.6) is 0 Å². The van der Waals surface area contributed by atoms with E-state index in [1.54, 1.807) is 6.92 Å². The average Bonchev–Trinajstić information content (AvgIpc) is 2.85. The summed E-state index contributed by atoms with van der Waals surface area (Å²) >= 11 is 0. The van der Waals surface area contributed by atoms with Gasteiger partial charge in [-0.3, -0.25) is 9.59 Å². The molecule has 0 bridgehead atoms. The smallest absolute Gasteiger partial charge is 0.326 e. The molecule has 3 N–H and O–H groups in total. The molecule has 0 radical (unpaired) electrons. The number of H-pyrrole nitrogens is 1. The highest BCUT2D eigenvalue weighted by molar-refractivity contribution is 6.45. The maximum atomic E-state index is 13.1. The molecule has 21 heavy (non-hydrogen) atoms. The number of rotatable bonds is 5. The van der Waals surface area contributed by atoms with Crippen LogP contribution < -0.4 is 5.32 Å². The Kier molecular flexibility index (Phi) is 4.02. The van der Waals surface area contributed by atoms with Crippen LogP contribution in [-0.2, 0) is 9.59 Å². The molecule has 1 aromatic heterocycles. The lowest BCUT2D eigenvalue weighted by Gasteiger charge is -2.11. The number of hydrogen-bond acceptors (Lipinski definition) is 3. The van der Waals surface area contributed by atoms with E-state index in [4.69, 9.17) is 5.11 Å². The Labute approximate surface area is 119 Å². The van der Waals surface area contributed by atoms with E-state index in [2.05, 4.69) is 10.3 Å². The zero-order valence-electron chi connectivity index (χ0n) is 11.1. The number of carboxylic acid groups (broad SMARTS) is 1. The molecule has 1 unspecified atom stereocenters. The Bertz CT molecular complexity index is 723. The lowest BCUT2D eigenvalue weighted by Crippen LogP contribution is -2.43. The summed E-state index contributed by atoms with van der Waals surface area (Å²) in [5, 5.41) is 11.4. The van der Waals surface area contributed by atoms with Gasteiger partial charge in [-0.1, -0.05) is 6.92 Å². The van der Waals surface area contributed by atoms with Gasteiger partial charge in [0.2, 0.25) is 0 Å². The highest BCUT2D eigenvalue weighted by Gasteiger charge is 2.25. The molecule has 6 nitrogen and oxygen atoms in total. The first-order chi connectivity index (χ1) is 9.93. The summed E-state index contributed by atoms with van der Waals surface area (Å²) in [4.78, 5) is 37.4. The zero-order valence-corrected chi connectivity index (χ0v) is 11.1. The number of nitrogens with one attached hydrogen (secondary N) is 2. The number of halogens is 1. The number of Topliss-reactive ketones (excluding diaryl/α,β-unsaturated/α-hetero) is 1. The molecule has 1 heterocycles. The van der Waals surface area contributed by atoms with Crippen molar-refractivity contribution in [1.29, 1.82) is 0 Å². The fraction of sp³-hybridized carbons (Fsp3) is 0.214. The summed E-state index contributed by atoms with van der Waals surface area (Å²) in [7, 11) is 0. The van der Waals surface area contributed by atoms with Crippen LogP contribution in [0.1, 0.15) is 23.7 Å². The van der Waals surface area contributed by atoms with Crippen molar-refractivity contribution in [2.75, 3.05) is 0 Å². The first-order valence-electron chi connectivity index (χ1n) is 6.28. The molecule has 1 amide bonds. The number of aromatic nitrogens is 1. The molecule has 110 valence electrons. The number of ketones is 1. The van der Waals surface area contributed by atoms with E-state index in [1.807, 2.05) is 0 Å². The van der Waals surface area contributed by atoms with E-state index in [1.165, 1.54) is 24.4 Å². The van der Waals surface area contributed by atoms with Crippen LogP contribution >= 0.6 is 0 Å². The van der Waals surface area contributed by atoms with Gasteiger partial charge in [-0.25, -0.2) is 9.18 Å². The van der Waals surface area contributed by atoms with Gasteiger partial charge in [-0.05, 0) is 24.6 Å². The molecule has 0 spiro atoms. The lowest BCUT2D eigenvalue weighted by molar-refractivity contribution is -0.141. The molecule has 0 aliphatic heterocycles. The fourth-order valence-electron chi connectivity index (χ4n) is 1.97. The Hall–Kier alpha value is -2.70. The standard InChI is InChI=1S/C14H13FN2O4/c1-2-10(14(20)21)17-13(19)12(18)9-6-16-11-5-7(15)3-4-8(9)11/h3-6,10,16H,2H2,1H3,(H,17,19)(H,20,21). The highest BCUT2D eigenvalue weighted by atomic mass is 19.1. The van der Waals surface area contributed by atoms with Gasteiger partial charge in [0, 0.05) is 17.1 Å². The largest absolute Gasteiger partial charge is 0.480 e. The van der Waals surface area contributed by atoms with Gasteiger partial charge < -0.3 is 15.4 Å². The van der Waals surface area contributed by atoms with Gasteiger partial charge in [0.05, 0.1) is 5.56 Å². The molecule has 2 aromatic rings. The number of benzene rings is 1. The van der Waals surface area contributed by atoms with Crippen molar-refractivity contribution in [3.05, 3.63) is 35.8 Å². The number of carboxylic acids is 1. The SMILES string of the molecule is CCC(NC(=O)C(=O)c1c[nH]c2cc(F)ccc12)C(=O)O. The summed E-state index contributed by atoms with van der Waals surface area (Å²) in [5.74, 6) is -3.55. The third-order valence-electron chi connectivity index (χ3n) is 3.11. The maximum absolute atomic E-state index is 13.1. The van der Waals surface area contributed by atoms with E-state index in [0.717, 1.165) is 0 Å². The highest BCUT2D eigenvalue weighted by Crippen LogP contribution is 2.19. The maximum Gasteiger partial charge on any atom is 0.326 e. The second kappa shape index (κ2) is 5.74. The number of aliphatic carboxylic acids is 1.